The number of halogens is 3. The van der Waals surface area contributed by atoms with Gasteiger partial charge in [-0.25, -0.2) is 0 Å². The second-order valence-corrected chi connectivity index (χ2v) is 8.34. The molecule has 0 fully saturated rings. The van der Waals surface area contributed by atoms with E-state index in [1.54, 1.807) is 18.2 Å². The van der Waals surface area contributed by atoms with Crippen molar-refractivity contribution in [1.82, 2.24) is 4.57 Å². The zero-order valence-corrected chi connectivity index (χ0v) is 17.3. The maximum Gasteiger partial charge on any atom is 0.281 e. The SMILES string of the molecule is Cc1sc(=NC(=O)c2ccc(Cl)cc2Cl)n(C)c1-c1ccc(Br)cc1. The fraction of sp³-hybridized carbons (Fsp3) is 0.111. The molecular weight excluding hydrogens is 443 g/mol. The van der Waals surface area contributed by atoms with E-state index in [0.717, 1.165) is 20.6 Å². The number of thiazole rings is 1. The van der Waals surface area contributed by atoms with Crippen LogP contribution in [-0.2, 0) is 7.05 Å². The topological polar surface area (TPSA) is 34.4 Å². The maximum atomic E-state index is 12.5. The van der Waals surface area contributed by atoms with Crippen molar-refractivity contribution in [1.29, 1.82) is 0 Å². The molecule has 7 heteroatoms. The predicted octanol–water partition coefficient (Wildman–Crippen LogP) is 5.87. The third-order valence-electron chi connectivity index (χ3n) is 3.68. The van der Waals surface area contributed by atoms with Gasteiger partial charge in [-0.15, -0.1) is 11.3 Å². The van der Waals surface area contributed by atoms with Crippen LogP contribution in [0.2, 0.25) is 10.0 Å². The van der Waals surface area contributed by atoms with E-state index < -0.39 is 0 Å². The van der Waals surface area contributed by atoms with E-state index in [-0.39, 0.29) is 5.91 Å². The number of carbonyl (C=O) groups is 1. The number of aromatic nitrogens is 1. The molecule has 0 aliphatic heterocycles. The van der Waals surface area contributed by atoms with Crippen molar-refractivity contribution < 1.29 is 4.79 Å². The maximum absolute atomic E-state index is 12.5. The highest BCUT2D eigenvalue weighted by molar-refractivity contribution is 9.10. The lowest BCUT2D eigenvalue weighted by Crippen LogP contribution is -2.14. The molecule has 0 N–H and O–H groups in total. The van der Waals surface area contributed by atoms with Crippen LogP contribution in [0.25, 0.3) is 11.3 Å². The molecule has 25 heavy (non-hydrogen) atoms. The fourth-order valence-electron chi connectivity index (χ4n) is 2.50. The van der Waals surface area contributed by atoms with Crippen LogP contribution in [0.4, 0.5) is 0 Å². The molecule has 128 valence electrons. The average molecular weight is 456 g/mol. The van der Waals surface area contributed by atoms with Gasteiger partial charge in [0.2, 0.25) is 0 Å². The van der Waals surface area contributed by atoms with E-state index in [9.17, 15) is 4.79 Å². The largest absolute Gasteiger partial charge is 0.319 e. The average Bonchev–Trinajstić information content (AvgIpc) is 2.82. The van der Waals surface area contributed by atoms with Crippen molar-refractivity contribution in [2.45, 2.75) is 6.92 Å². The normalized spacial score (nSPS) is 11.8. The molecule has 3 aromatic rings. The van der Waals surface area contributed by atoms with E-state index in [2.05, 4.69) is 20.9 Å². The van der Waals surface area contributed by atoms with Crippen LogP contribution in [0.15, 0.2) is 51.9 Å². The van der Waals surface area contributed by atoms with Gasteiger partial charge in [0.05, 0.1) is 16.3 Å². The van der Waals surface area contributed by atoms with Crippen molar-refractivity contribution in [3.8, 4) is 11.3 Å². The van der Waals surface area contributed by atoms with Crippen LogP contribution < -0.4 is 4.80 Å². The van der Waals surface area contributed by atoms with E-state index in [1.807, 2.05) is 42.8 Å². The molecule has 1 amide bonds. The standard InChI is InChI=1S/C18H13BrCl2N2OS/c1-10-16(11-3-5-12(19)6-4-11)23(2)18(25-10)22-17(24)14-8-7-13(20)9-15(14)21/h3-9H,1-2H3. The minimum atomic E-state index is -0.388. The van der Waals surface area contributed by atoms with E-state index in [0.29, 0.717) is 20.4 Å². The lowest BCUT2D eigenvalue weighted by molar-refractivity contribution is 0.0998. The number of hydrogen-bond donors (Lipinski definition) is 0. The molecule has 0 spiro atoms. The van der Waals surface area contributed by atoms with Gasteiger partial charge < -0.3 is 4.57 Å². The predicted molar refractivity (Wildman–Crippen MR) is 108 cm³/mol. The summed E-state index contributed by atoms with van der Waals surface area (Å²) in [6.07, 6.45) is 0. The van der Waals surface area contributed by atoms with Gasteiger partial charge in [-0.05, 0) is 42.8 Å². The zero-order valence-electron chi connectivity index (χ0n) is 13.4. The number of carbonyl (C=O) groups excluding carboxylic acids is 1. The molecule has 0 bridgehead atoms. The van der Waals surface area contributed by atoms with Crippen LogP contribution in [0, 0.1) is 6.92 Å². The Hall–Kier alpha value is -1.40. The van der Waals surface area contributed by atoms with Gasteiger partial charge in [0.15, 0.2) is 4.80 Å². The Kier molecular flexibility index (Phi) is 5.49. The lowest BCUT2D eigenvalue weighted by atomic mass is 10.1. The quantitative estimate of drug-likeness (QED) is 0.475. The summed E-state index contributed by atoms with van der Waals surface area (Å²) >= 11 is 16.9. The van der Waals surface area contributed by atoms with E-state index in [4.69, 9.17) is 23.2 Å². The number of hydrogen-bond acceptors (Lipinski definition) is 2. The summed E-state index contributed by atoms with van der Waals surface area (Å²) in [6, 6.07) is 12.8. The monoisotopic (exact) mass is 454 g/mol. The highest BCUT2D eigenvalue weighted by Gasteiger charge is 2.13. The second kappa shape index (κ2) is 7.46. The van der Waals surface area contributed by atoms with Crippen molar-refractivity contribution in [2.24, 2.45) is 12.0 Å². The van der Waals surface area contributed by atoms with Gasteiger partial charge in [0.25, 0.3) is 5.91 Å². The van der Waals surface area contributed by atoms with Gasteiger partial charge in [0.1, 0.15) is 0 Å². The summed E-state index contributed by atoms with van der Waals surface area (Å²) in [7, 11) is 1.90. The fourth-order valence-corrected chi connectivity index (χ4v) is 4.23. The number of rotatable bonds is 2. The molecule has 0 aliphatic rings. The minimum absolute atomic E-state index is 0.297. The summed E-state index contributed by atoms with van der Waals surface area (Å²) in [5.74, 6) is -0.388. The van der Waals surface area contributed by atoms with Gasteiger partial charge in [-0.2, -0.15) is 4.99 Å². The van der Waals surface area contributed by atoms with Crippen LogP contribution in [0.5, 0.6) is 0 Å². The number of amides is 1. The summed E-state index contributed by atoms with van der Waals surface area (Å²) < 4.78 is 2.94. The third kappa shape index (κ3) is 3.90. The van der Waals surface area contributed by atoms with Crippen molar-refractivity contribution in [3.05, 3.63) is 72.2 Å². The second-order valence-electron chi connectivity index (χ2n) is 5.40. The number of nitrogens with zero attached hydrogens (tertiary/aromatic N) is 2. The first kappa shape index (κ1) is 18.4. The Morgan fingerprint density at radius 2 is 1.84 bits per heavy atom. The smallest absolute Gasteiger partial charge is 0.281 e. The molecular formula is C18H13BrCl2N2OS. The van der Waals surface area contributed by atoms with Crippen LogP contribution >= 0.6 is 50.5 Å². The Morgan fingerprint density at radius 1 is 1.16 bits per heavy atom. The summed E-state index contributed by atoms with van der Waals surface area (Å²) in [6.45, 7) is 2.01. The first-order chi connectivity index (χ1) is 11.9. The van der Waals surface area contributed by atoms with Gasteiger partial charge in [-0.1, -0.05) is 51.3 Å². The van der Waals surface area contributed by atoms with E-state index in [1.165, 1.54) is 11.3 Å². The lowest BCUT2D eigenvalue weighted by Gasteiger charge is -2.05. The molecule has 3 rings (SSSR count). The zero-order chi connectivity index (χ0) is 18.1. The van der Waals surface area contributed by atoms with Crippen LogP contribution in [-0.4, -0.2) is 10.5 Å². The molecule has 1 aromatic heterocycles. The van der Waals surface area contributed by atoms with Crippen molar-refractivity contribution in [3.63, 3.8) is 0 Å². The van der Waals surface area contributed by atoms with Crippen LogP contribution in [0.3, 0.4) is 0 Å². The minimum Gasteiger partial charge on any atom is -0.319 e. The van der Waals surface area contributed by atoms with E-state index >= 15 is 0 Å². The molecule has 0 saturated heterocycles. The Labute approximate surface area is 167 Å². The molecule has 0 unspecified atom stereocenters. The Balaban J connectivity index is 2.06. The summed E-state index contributed by atoms with van der Waals surface area (Å²) in [5.41, 5.74) is 2.44. The highest BCUT2D eigenvalue weighted by atomic mass is 79.9. The summed E-state index contributed by atoms with van der Waals surface area (Å²) in [5, 5.41) is 0.780. The van der Waals surface area contributed by atoms with Gasteiger partial charge >= 0.3 is 0 Å². The first-order valence-electron chi connectivity index (χ1n) is 7.33. The molecule has 0 radical (unpaired) electrons. The molecule has 1 heterocycles. The highest BCUT2D eigenvalue weighted by Crippen LogP contribution is 2.26. The molecule has 0 saturated carbocycles. The van der Waals surface area contributed by atoms with Gasteiger partial charge in [0, 0.05) is 21.4 Å². The molecule has 0 atom stereocenters. The summed E-state index contributed by atoms with van der Waals surface area (Å²) in [4.78, 5) is 18.4. The van der Waals surface area contributed by atoms with Crippen molar-refractivity contribution in [2.75, 3.05) is 0 Å². The van der Waals surface area contributed by atoms with Gasteiger partial charge in [-0.3, -0.25) is 4.79 Å². The first-order valence-corrected chi connectivity index (χ1v) is 9.70. The number of benzene rings is 2. The Morgan fingerprint density at radius 3 is 2.48 bits per heavy atom. The number of aryl methyl sites for hydroxylation is 1. The third-order valence-corrected chi connectivity index (χ3v) is 5.80. The molecule has 0 aliphatic carbocycles. The van der Waals surface area contributed by atoms with Crippen LogP contribution in [0.1, 0.15) is 15.2 Å². The van der Waals surface area contributed by atoms with Crippen molar-refractivity contribution >= 4 is 56.4 Å². The molecule has 2 aromatic carbocycles. The molecule has 3 nitrogen and oxygen atoms in total. The Bertz CT molecular complexity index is 1020.